The number of anilines is 1. The molecule has 5 rings (SSSR count). The molecular formula is C21H28N4O4S. The zero-order valence-electron chi connectivity index (χ0n) is 16.9. The van der Waals surface area contributed by atoms with Crippen LogP contribution in [0.3, 0.4) is 0 Å². The van der Waals surface area contributed by atoms with Crippen LogP contribution in [0.2, 0.25) is 0 Å². The van der Waals surface area contributed by atoms with E-state index in [0.29, 0.717) is 47.9 Å². The SMILES string of the molecule is O=C(CC1CC2CCC1C2)Nn1nc(N2CCS(O)(O)CC2)c2ccccc2c1=O. The fourth-order valence-electron chi connectivity index (χ4n) is 5.45. The zero-order valence-corrected chi connectivity index (χ0v) is 17.7. The van der Waals surface area contributed by atoms with E-state index in [1.54, 1.807) is 12.1 Å². The van der Waals surface area contributed by atoms with E-state index in [-0.39, 0.29) is 23.0 Å². The molecule has 8 nitrogen and oxygen atoms in total. The van der Waals surface area contributed by atoms with E-state index >= 15 is 0 Å². The largest absolute Gasteiger partial charge is 0.351 e. The normalized spacial score (nSPS) is 28.6. The molecule has 2 aliphatic carbocycles. The maximum atomic E-state index is 13.0. The van der Waals surface area contributed by atoms with Crippen LogP contribution in [0.1, 0.15) is 32.1 Å². The number of fused-ring (bicyclic) bond motifs is 3. The number of carbonyl (C=O) groups excluding carboxylic acids is 1. The lowest BCUT2D eigenvalue weighted by molar-refractivity contribution is -0.118. The van der Waals surface area contributed by atoms with E-state index in [1.807, 2.05) is 17.0 Å². The number of hydrogen-bond acceptors (Lipinski definition) is 6. The second kappa shape index (κ2) is 7.55. The van der Waals surface area contributed by atoms with Crippen LogP contribution in [0.25, 0.3) is 10.8 Å². The summed E-state index contributed by atoms with van der Waals surface area (Å²) in [6.45, 7) is 0.882. The van der Waals surface area contributed by atoms with Crippen molar-refractivity contribution in [3.63, 3.8) is 0 Å². The standard InChI is InChI=1S/C21H28N4O4S/c26-19(13-16-12-14-5-6-15(16)11-14)22-25-21(27)18-4-2-1-3-17(18)20(23-25)24-7-9-30(28,29)10-8-24/h1-4,14-16,28-29H,5-13H2,(H,22,26). The second-order valence-corrected chi connectivity index (χ2v) is 11.4. The summed E-state index contributed by atoms with van der Waals surface area (Å²) in [5, 5.41) is 5.67. The fraction of sp³-hybridized carbons (Fsp3) is 0.571. The lowest BCUT2D eigenvalue weighted by atomic mass is 9.86. The van der Waals surface area contributed by atoms with E-state index in [2.05, 4.69) is 10.5 Å². The Hall–Kier alpha value is -2.10. The highest BCUT2D eigenvalue weighted by Crippen LogP contribution is 2.49. The van der Waals surface area contributed by atoms with Crippen molar-refractivity contribution in [2.24, 2.45) is 17.8 Å². The predicted octanol–water partition coefficient (Wildman–Crippen LogP) is 2.86. The monoisotopic (exact) mass is 432 g/mol. The first-order valence-corrected chi connectivity index (χ1v) is 12.6. The number of nitrogens with one attached hydrogen (secondary N) is 1. The quantitative estimate of drug-likeness (QED) is 0.686. The Bertz CT molecular complexity index is 1030. The highest BCUT2D eigenvalue weighted by atomic mass is 32.3. The first kappa shape index (κ1) is 19.8. The van der Waals surface area contributed by atoms with Gasteiger partial charge in [-0.15, -0.1) is 9.89 Å². The molecule has 3 unspecified atom stereocenters. The van der Waals surface area contributed by atoms with Gasteiger partial charge in [-0.25, -0.2) is 5.43 Å². The first-order chi connectivity index (χ1) is 14.4. The second-order valence-electron chi connectivity index (χ2n) is 8.96. The minimum atomic E-state index is -2.54. The summed E-state index contributed by atoms with van der Waals surface area (Å²) in [5.74, 6) is 2.79. The first-order valence-electron chi connectivity index (χ1n) is 10.7. The number of amides is 1. The van der Waals surface area contributed by atoms with Crippen LogP contribution >= 0.6 is 10.6 Å². The van der Waals surface area contributed by atoms with Gasteiger partial charge in [0.25, 0.3) is 5.56 Å². The average Bonchev–Trinajstić information content (AvgIpc) is 3.34. The number of nitrogens with zero attached hydrogens (tertiary/aromatic N) is 3. The van der Waals surface area contributed by atoms with Crippen LogP contribution in [0.15, 0.2) is 29.1 Å². The van der Waals surface area contributed by atoms with Gasteiger partial charge in [-0.1, -0.05) is 24.6 Å². The van der Waals surface area contributed by atoms with Gasteiger partial charge < -0.3 is 4.90 Å². The van der Waals surface area contributed by atoms with Crippen molar-refractivity contribution in [1.82, 2.24) is 9.89 Å². The number of benzene rings is 1. The summed E-state index contributed by atoms with van der Waals surface area (Å²) < 4.78 is 19.9. The van der Waals surface area contributed by atoms with Crippen LogP contribution in [0.4, 0.5) is 5.82 Å². The van der Waals surface area contributed by atoms with Crippen LogP contribution in [-0.2, 0) is 4.79 Å². The van der Waals surface area contributed by atoms with Crippen LogP contribution in [0.5, 0.6) is 0 Å². The van der Waals surface area contributed by atoms with E-state index in [4.69, 9.17) is 0 Å². The van der Waals surface area contributed by atoms with Gasteiger partial charge in [-0.05, 0) is 43.1 Å². The number of carbonyl (C=O) groups is 1. The molecule has 3 atom stereocenters. The van der Waals surface area contributed by atoms with Crippen molar-refractivity contribution < 1.29 is 13.9 Å². The van der Waals surface area contributed by atoms with Crippen molar-refractivity contribution in [3.05, 3.63) is 34.6 Å². The van der Waals surface area contributed by atoms with Gasteiger partial charge in [0, 0.05) is 24.9 Å². The third-order valence-electron chi connectivity index (χ3n) is 7.02. The van der Waals surface area contributed by atoms with Crippen LogP contribution < -0.4 is 15.9 Å². The maximum Gasteiger partial charge on any atom is 0.294 e. The molecule has 3 fully saturated rings. The summed E-state index contributed by atoms with van der Waals surface area (Å²) in [4.78, 5) is 28.7. The number of aromatic nitrogens is 2. The summed E-state index contributed by atoms with van der Waals surface area (Å²) in [6, 6.07) is 7.22. The van der Waals surface area contributed by atoms with E-state index in [1.165, 1.54) is 19.3 Å². The molecule has 2 aromatic rings. The van der Waals surface area contributed by atoms with Gasteiger partial charge in [0.2, 0.25) is 5.91 Å². The van der Waals surface area contributed by atoms with Crippen molar-refractivity contribution in [1.29, 1.82) is 0 Å². The third-order valence-corrected chi connectivity index (χ3v) is 8.70. The summed E-state index contributed by atoms with van der Waals surface area (Å²) in [7, 11) is -2.54. The minimum absolute atomic E-state index is 0.170. The molecule has 162 valence electrons. The predicted molar refractivity (Wildman–Crippen MR) is 119 cm³/mol. The van der Waals surface area contributed by atoms with E-state index in [9.17, 15) is 18.7 Å². The van der Waals surface area contributed by atoms with Crippen molar-refractivity contribution >= 4 is 33.1 Å². The Labute approximate surface area is 176 Å². The fourth-order valence-corrected chi connectivity index (χ4v) is 6.68. The Kier molecular flexibility index (Phi) is 4.99. The zero-order chi connectivity index (χ0) is 20.9. The molecule has 3 N–H and O–H groups in total. The Morgan fingerprint density at radius 1 is 1.13 bits per heavy atom. The van der Waals surface area contributed by atoms with Gasteiger partial charge in [0.05, 0.1) is 16.9 Å². The maximum absolute atomic E-state index is 13.0. The molecule has 1 aromatic heterocycles. The molecule has 0 spiro atoms. The molecule has 1 saturated heterocycles. The topological polar surface area (TPSA) is 108 Å². The van der Waals surface area contributed by atoms with Crippen LogP contribution in [-0.4, -0.2) is 49.5 Å². The van der Waals surface area contributed by atoms with Gasteiger partial charge in [0.15, 0.2) is 5.82 Å². The molecule has 9 heteroatoms. The van der Waals surface area contributed by atoms with Gasteiger partial charge >= 0.3 is 0 Å². The van der Waals surface area contributed by atoms with E-state index < -0.39 is 10.6 Å². The highest BCUT2D eigenvalue weighted by molar-refractivity contribution is 8.24. The lowest BCUT2D eigenvalue weighted by Gasteiger charge is -2.41. The third kappa shape index (κ3) is 3.70. The van der Waals surface area contributed by atoms with Gasteiger partial charge in [0.1, 0.15) is 0 Å². The molecule has 30 heavy (non-hydrogen) atoms. The molecule has 1 aromatic carbocycles. The summed E-state index contributed by atoms with van der Waals surface area (Å²) >= 11 is 0. The molecule has 2 saturated carbocycles. The Balaban J connectivity index is 1.41. The molecule has 2 heterocycles. The lowest BCUT2D eigenvalue weighted by Crippen LogP contribution is -2.42. The molecule has 1 aliphatic heterocycles. The molecule has 1 amide bonds. The number of hydrogen-bond donors (Lipinski definition) is 3. The summed E-state index contributed by atoms with van der Waals surface area (Å²) in [5.41, 5.74) is 2.37. The average molecular weight is 433 g/mol. The van der Waals surface area contributed by atoms with Gasteiger partial charge in [-0.3, -0.25) is 18.7 Å². The van der Waals surface area contributed by atoms with Gasteiger partial charge in [-0.2, -0.15) is 10.6 Å². The highest BCUT2D eigenvalue weighted by Gasteiger charge is 2.40. The smallest absolute Gasteiger partial charge is 0.294 e. The van der Waals surface area contributed by atoms with Crippen LogP contribution in [0, 0.1) is 17.8 Å². The number of rotatable bonds is 4. The molecule has 3 aliphatic rings. The Morgan fingerprint density at radius 2 is 1.87 bits per heavy atom. The molecular weight excluding hydrogens is 404 g/mol. The minimum Gasteiger partial charge on any atom is -0.351 e. The van der Waals surface area contributed by atoms with Crippen molar-refractivity contribution in [3.8, 4) is 0 Å². The molecule has 0 radical (unpaired) electrons. The Morgan fingerprint density at radius 3 is 2.53 bits per heavy atom. The summed E-state index contributed by atoms with van der Waals surface area (Å²) in [6.07, 6.45) is 5.30. The van der Waals surface area contributed by atoms with E-state index in [0.717, 1.165) is 17.1 Å². The molecule has 2 bridgehead atoms. The van der Waals surface area contributed by atoms with Crippen molar-refractivity contribution in [2.45, 2.75) is 32.1 Å². The van der Waals surface area contributed by atoms with Crippen molar-refractivity contribution in [2.75, 3.05) is 34.9 Å².